The topological polar surface area (TPSA) is 72.5 Å². The summed E-state index contributed by atoms with van der Waals surface area (Å²) in [6.07, 6.45) is 0. The van der Waals surface area contributed by atoms with Gasteiger partial charge in [0.15, 0.2) is 5.54 Å². The minimum atomic E-state index is -1.69. The zero-order chi connectivity index (χ0) is 14.6. The Bertz CT molecular complexity index is 603. The van der Waals surface area contributed by atoms with E-state index in [1.165, 1.54) is 24.3 Å². The summed E-state index contributed by atoms with van der Waals surface area (Å²) < 4.78 is 18.4. The van der Waals surface area contributed by atoms with Crippen molar-refractivity contribution in [1.29, 1.82) is 0 Å². The van der Waals surface area contributed by atoms with Gasteiger partial charge in [0.2, 0.25) is 0 Å². The molecule has 2 aromatic carbocycles. The zero-order valence-corrected chi connectivity index (χ0v) is 10.6. The highest BCUT2D eigenvalue weighted by Crippen LogP contribution is 2.21. The molecule has 0 radical (unpaired) electrons. The quantitative estimate of drug-likeness (QED) is 0.877. The van der Waals surface area contributed by atoms with Crippen LogP contribution in [0.3, 0.4) is 0 Å². The smallest absolute Gasteiger partial charge is 0.331 e. The van der Waals surface area contributed by atoms with Crippen molar-refractivity contribution in [2.75, 3.05) is 6.61 Å². The lowest BCUT2D eigenvalue weighted by atomic mass is 9.92. The molecule has 1 atom stereocenters. The number of hydrogen-bond acceptors (Lipinski definition) is 3. The van der Waals surface area contributed by atoms with Gasteiger partial charge < -0.3 is 15.6 Å². The predicted molar refractivity (Wildman–Crippen MR) is 71.8 cm³/mol. The van der Waals surface area contributed by atoms with E-state index < -0.39 is 17.3 Å². The van der Waals surface area contributed by atoms with Gasteiger partial charge in [0.05, 0.1) is 0 Å². The maximum atomic E-state index is 13.0. The van der Waals surface area contributed by atoms with E-state index in [1.807, 2.05) is 0 Å². The van der Waals surface area contributed by atoms with Crippen molar-refractivity contribution in [3.8, 4) is 5.75 Å². The van der Waals surface area contributed by atoms with Crippen LogP contribution in [-0.2, 0) is 10.3 Å². The van der Waals surface area contributed by atoms with Crippen molar-refractivity contribution in [3.05, 3.63) is 66.0 Å². The zero-order valence-electron chi connectivity index (χ0n) is 10.6. The molecule has 0 aliphatic rings. The molecule has 3 N–H and O–H groups in total. The van der Waals surface area contributed by atoms with Gasteiger partial charge in [-0.15, -0.1) is 0 Å². The number of carboxylic acid groups (broad SMARTS) is 1. The third kappa shape index (κ3) is 2.95. The number of benzene rings is 2. The van der Waals surface area contributed by atoms with E-state index >= 15 is 0 Å². The molecule has 0 bridgehead atoms. The highest BCUT2D eigenvalue weighted by atomic mass is 19.1. The molecule has 0 aliphatic heterocycles. The fourth-order valence-corrected chi connectivity index (χ4v) is 1.76. The number of aliphatic carboxylic acids is 1. The van der Waals surface area contributed by atoms with Crippen LogP contribution < -0.4 is 10.5 Å². The third-order valence-corrected chi connectivity index (χ3v) is 2.93. The molecule has 2 aromatic rings. The molecule has 0 aromatic heterocycles. The molecule has 0 saturated carbocycles. The van der Waals surface area contributed by atoms with Crippen molar-refractivity contribution in [2.45, 2.75) is 5.54 Å². The van der Waals surface area contributed by atoms with E-state index in [1.54, 1.807) is 30.3 Å². The highest BCUT2D eigenvalue weighted by molar-refractivity contribution is 5.80. The van der Waals surface area contributed by atoms with Crippen molar-refractivity contribution in [3.63, 3.8) is 0 Å². The van der Waals surface area contributed by atoms with E-state index in [0.717, 1.165) is 0 Å². The second-order valence-electron chi connectivity index (χ2n) is 4.39. The lowest BCUT2D eigenvalue weighted by molar-refractivity contribution is -0.145. The Morgan fingerprint density at radius 1 is 1.20 bits per heavy atom. The van der Waals surface area contributed by atoms with Gasteiger partial charge in [0, 0.05) is 6.07 Å². The summed E-state index contributed by atoms with van der Waals surface area (Å²) >= 11 is 0. The Hall–Kier alpha value is -2.40. The SMILES string of the molecule is NC(COc1cccc(F)c1)(C(=O)O)c1ccccc1. The summed E-state index contributed by atoms with van der Waals surface area (Å²) in [5.74, 6) is -1.43. The molecule has 2 rings (SSSR count). The largest absolute Gasteiger partial charge is 0.491 e. The van der Waals surface area contributed by atoms with Crippen LogP contribution in [0.25, 0.3) is 0 Å². The van der Waals surface area contributed by atoms with Crippen molar-refractivity contribution in [2.24, 2.45) is 5.73 Å². The number of carbonyl (C=O) groups is 1. The van der Waals surface area contributed by atoms with Gasteiger partial charge in [-0.1, -0.05) is 36.4 Å². The van der Waals surface area contributed by atoms with Gasteiger partial charge >= 0.3 is 5.97 Å². The van der Waals surface area contributed by atoms with Gasteiger partial charge in [-0.3, -0.25) is 0 Å². The van der Waals surface area contributed by atoms with E-state index in [-0.39, 0.29) is 12.4 Å². The molecule has 5 heteroatoms. The molecule has 4 nitrogen and oxygen atoms in total. The Morgan fingerprint density at radius 3 is 2.50 bits per heavy atom. The van der Waals surface area contributed by atoms with Gasteiger partial charge in [0.25, 0.3) is 0 Å². The van der Waals surface area contributed by atoms with Crippen molar-refractivity contribution < 1.29 is 19.0 Å². The number of nitrogens with two attached hydrogens (primary N) is 1. The average molecular weight is 275 g/mol. The molecule has 0 amide bonds. The molecule has 0 spiro atoms. The van der Waals surface area contributed by atoms with Crippen LogP contribution in [0.4, 0.5) is 4.39 Å². The highest BCUT2D eigenvalue weighted by Gasteiger charge is 2.37. The van der Waals surface area contributed by atoms with Crippen LogP contribution in [0.5, 0.6) is 5.75 Å². The molecule has 0 aliphatic carbocycles. The number of ether oxygens (including phenoxy) is 1. The molecule has 104 valence electrons. The van der Waals surface area contributed by atoms with Gasteiger partial charge in [-0.25, -0.2) is 9.18 Å². The first kappa shape index (κ1) is 14.0. The maximum Gasteiger partial charge on any atom is 0.331 e. The van der Waals surface area contributed by atoms with Gasteiger partial charge in [-0.2, -0.15) is 0 Å². The van der Waals surface area contributed by atoms with E-state index in [4.69, 9.17) is 10.5 Å². The summed E-state index contributed by atoms with van der Waals surface area (Å²) in [6, 6.07) is 13.8. The predicted octanol–water partition coefficient (Wildman–Crippen LogP) is 2.14. The standard InChI is InChI=1S/C15H14FNO3/c16-12-7-4-8-13(9-12)20-10-15(17,14(18)19)11-5-2-1-3-6-11/h1-9H,10,17H2,(H,18,19). The van der Waals surface area contributed by atoms with Crippen LogP contribution in [-0.4, -0.2) is 17.7 Å². The molecular weight excluding hydrogens is 261 g/mol. The van der Waals surface area contributed by atoms with Crippen LogP contribution in [0.1, 0.15) is 5.56 Å². The Balaban J connectivity index is 2.20. The summed E-state index contributed by atoms with van der Waals surface area (Å²) in [4.78, 5) is 11.4. The van der Waals surface area contributed by atoms with E-state index in [9.17, 15) is 14.3 Å². The first-order valence-corrected chi connectivity index (χ1v) is 5.98. The number of rotatable bonds is 5. The average Bonchev–Trinajstić information content (AvgIpc) is 2.45. The molecule has 0 fully saturated rings. The Morgan fingerprint density at radius 2 is 1.90 bits per heavy atom. The first-order valence-electron chi connectivity index (χ1n) is 5.98. The minimum absolute atomic E-state index is 0.233. The molecular formula is C15H14FNO3. The lowest BCUT2D eigenvalue weighted by Gasteiger charge is -2.25. The third-order valence-electron chi connectivity index (χ3n) is 2.93. The molecule has 20 heavy (non-hydrogen) atoms. The van der Waals surface area contributed by atoms with Gasteiger partial charge in [-0.05, 0) is 17.7 Å². The lowest BCUT2D eigenvalue weighted by Crippen LogP contribution is -2.49. The summed E-state index contributed by atoms with van der Waals surface area (Å²) in [5.41, 5.74) is 4.66. The van der Waals surface area contributed by atoms with E-state index in [2.05, 4.69) is 0 Å². The Kier molecular flexibility index (Phi) is 4.00. The maximum absolute atomic E-state index is 13.0. The summed E-state index contributed by atoms with van der Waals surface area (Å²) in [5, 5.41) is 9.34. The van der Waals surface area contributed by atoms with Crippen molar-refractivity contribution in [1.82, 2.24) is 0 Å². The second-order valence-corrected chi connectivity index (χ2v) is 4.39. The Labute approximate surface area is 115 Å². The number of carboxylic acids is 1. The fourth-order valence-electron chi connectivity index (χ4n) is 1.76. The van der Waals surface area contributed by atoms with Gasteiger partial charge in [0.1, 0.15) is 18.2 Å². The number of halogens is 1. The van der Waals surface area contributed by atoms with Crippen molar-refractivity contribution >= 4 is 5.97 Å². The second kappa shape index (κ2) is 5.71. The first-order chi connectivity index (χ1) is 9.52. The molecule has 0 heterocycles. The summed E-state index contributed by atoms with van der Waals surface area (Å²) in [6.45, 7) is -0.296. The molecule has 1 unspecified atom stereocenters. The normalized spacial score (nSPS) is 13.5. The number of hydrogen-bond donors (Lipinski definition) is 2. The van der Waals surface area contributed by atoms with Crippen LogP contribution in [0.15, 0.2) is 54.6 Å². The summed E-state index contributed by atoms with van der Waals surface area (Å²) in [7, 11) is 0. The minimum Gasteiger partial charge on any atom is -0.491 e. The van der Waals surface area contributed by atoms with Crippen LogP contribution >= 0.6 is 0 Å². The molecule has 0 saturated heterocycles. The van der Waals surface area contributed by atoms with Crippen LogP contribution in [0, 0.1) is 5.82 Å². The fraction of sp³-hybridized carbons (Fsp3) is 0.133. The van der Waals surface area contributed by atoms with E-state index in [0.29, 0.717) is 5.56 Å². The monoisotopic (exact) mass is 275 g/mol. The van der Waals surface area contributed by atoms with Crippen LogP contribution in [0.2, 0.25) is 0 Å².